The zero-order chi connectivity index (χ0) is 11.4. The lowest BCUT2D eigenvalue weighted by molar-refractivity contribution is 0.950. The first-order chi connectivity index (χ1) is 7.74. The molecule has 0 unspecified atom stereocenters. The molecule has 16 heavy (non-hydrogen) atoms. The van der Waals surface area contributed by atoms with Crippen LogP contribution in [0.15, 0.2) is 24.3 Å². The van der Waals surface area contributed by atoms with Crippen molar-refractivity contribution in [1.82, 2.24) is 10.2 Å². The van der Waals surface area contributed by atoms with Gasteiger partial charge < -0.3 is 5.32 Å². The highest BCUT2D eigenvalue weighted by molar-refractivity contribution is 7.16. The second kappa shape index (κ2) is 5.27. The van der Waals surface area contributed by atoms with Crippen LogP contribution in [0, 0.1) is 6.92 Å². The van der Waals surface area contributed by atoms with Crippen LogP contribution in [0.5, 0.6) is 0 Å². The van der Waals surface area contributed by atoms with Crippen LogP contribution in [0.3, 0.4) is 0 Å². The van der Waals surface area contributed by atoms with Gasteiger partial charge in [0.15, 0.2) is 0 Å². The van der Waals surface area contributed by atoms with Crippen LogP contribution in [-0.2, 0) is 6.42 Å². The van der Waals surface area contributed by atoms with Crippen LogP contribution in [-0.4, -0.2) is 16.7 Å². The van der Waals surface area contributed by atoms with Crippen molar-refractivity contribution in [2.75, 3.05) is 11.9 Å². The van der Waals surface area contributed by atoms with Gasteiger partial charge in [0.2, 0.25) is 0 Å². The summed E-state index contributed by atoms with van der Waals surface area (Å²) in [7, 11) is 0. The zero-order valence-electron chi connectivity index (χ0n) is 8.90. The SMILES string of the molecule is Cc1ccc(NCCc2ccc(Cl)s2)nn1. The first kappa shape index (κ1) is 11.4. The van der Waals surface area contributed by atoms with Crippen LogP contribution in [0.1, 0.15) is 10.6 Å². The molecule has 5 heteroatoms. The first-order valence-electron chi connectivity index (χ1n) is 5.02. The van der Waals surface area contributed by atoms with E-state index in [1.165, 1.54) is 4.88 Å². The van der Waals surface area contributed by atoms with E-state index in [0.29, 0.717) is 0 Å². The number of thiophene rings is 1. The van der Waals surface area contributed by atoms with E-state index in [0.717, 1.165) is 28.8 Å². The molecule has 0 atom stereocenters. The summed E-state index contributed by atoms with van der Waals surface area (Å²) in [4.78, 5) is 1.28. The fourth-order valence-corrected chi connectivity index (χ4v) is 2.38. The lowest BCUT2D eigenvalue weighted by Crippen LogP contribution is -2.06. The van der Waals surface area contributed by atoms with E-state index in [1.807, 2.05) is 25.1 Å². The quantitative estimate of drug-likeness (QED) is 0.910. The molecule has 2 aromatic heterocycles. The Balaban J connectivity index is 1.82. The molecule has 0 aliphatic rings. The summed E-state index contributed by atoms with van der Waals surface area (Å²) >= 11 is 7.46. The highest BCUT2D eigenvalue weighted by atomic mass is 35.5. The molecule has 0 saturated carbocycles. The average molecular weight is 254 g/mol. The fourth-order valence-electron chi connectivity index (χ4n) is 1.29. The third kappa shape index (κ3) is 3.18. The molecular formula is C11H12ClN3S. The lowest BCUT2D eigenvalue weighted by atomic mass is 10.3. The Kier molecular flexibility index (Phi) is 3.74. The van der Waals surface area contributed by atoms with E-state index in [2.05, 4.69) is 21.6 Å². The monoisotopic (exact) mass is 253 g/mol. The normalized spacial score (nSPS) is 10.4. The Hall–Kier alpha value is -1.13. The van der Waals surface area contributed by atoms with Gasteiger partial charge in [0.25, 0.3) is 0 Å². The topological polar surface area (TPSA) is 37.8 Å². The van der Waals surface area contributed by atoms with Gasteiger partial charge in [-0.2, -0.15) is 5.10 Å². The Bertz CT molecular complexity index is 453. The van der Waals surface area contributed by atoms with Gasteiger partial charge in [0, 0.05) is 11.4 Å². The lowest BCUT2D eigenvalue weighted by Gasteiger charge is -2.03. The minimum absolute atomic E-state index is 0.813. The molecule has 0 aliphatic heterocycles. The van der Waals surface area contributed by atoms with Gasteiger partial charge in [-0.15, -0.1) is 16.4 Å². The number of anilines is 1. The van der Waals surface area contributed by atoms with Gasteiger partial charge in [0.1, 0.15) is 5.82 Å². The fraction of sp³-hybridized carbons (Fsp3) is 0.273. The number of nitrogens with one attached hydrogen (secondary N) is 1. The third-order valence-corrected chi connectivity index (χ3v) is 3.40. The molecule has 84 valence electrons. The van der Waals surface area contributed by atoms with Gasteiger partial charge in [-0.3, -0.25) is 0 Å². The predicted octanol–water partition coefficient (Wildman–Crippen LogP) is 3.15. The van der Waals surface area contributed by atoms with E-state index in [-0.39, 0.29) is 0 Å². The summed E-state index contributed by atoms with van der Waals surface area (Å²) in [5.41, 5.74) is 0.926. The molecule has 0 bridgehead atoms. The molecule has 3 nitrogen and oxygen atoms in total. The van der Waals surface area contributed by atoms with Crippen molar-refractivity contribution in [1.29, 1.82) is 0 Å². The number of aryl methyl sites for hydroxylation is 1. The summed E-state index contributed by atoms with van der Waals surface area (Å²) < 4.78 is 0.838. The minimum Gasteiger partial charge on any atom is -0.368 e. The summed E-state index contributed by atoms with van der Waals surface area (Å²) in [5.74, 6) is 0.813. The number of hydrogen-bond donors (Lipinski definition) is 1. The van der Waals surface area contributed by atoms with Gasteiger partial charge in [0.05, 0.1) is 10.0 Å². The van der Waals surface area contributed by atoms with Gasteiger partial charge in [-0.05, 0) is 37.6 Å². The molecule has 0 radical (unpaired) electrons. The maximum Gasteiger partial charge on any atom is 0.148 e. The molecule has 0 amide bonds. The van der Waals surface area contributed by atoms with E-state index in [9.17, 15) is 0 Å². The standard InChI is InChI=1S/C11H12ClN3S/c1-8-2-5-11(15-14-8)13-7-6-9-3-4-10(12)16-9/h2-5H,6-7H2,1H3,(H,13,15). The van der Waals surface area contributed by atoms with Crippen molar-refractivity contribution >= 4 is 28.8 Å². The maximum atomic E-state index is 5.85. The molecule has 0 aliphatic carbocycles. The number of halogens is 1. The molecule has 2 rings (SSSR count). The second-order valence-electron chi connectivity index (χ2n) is 3.44. The largest absolute Gasteiger partial charge is 0.368 e. The van der Waals surface area contributed by atoms with E-state index in [4.69, 9.17) is 11.6 Å². The van der Waals surface area contributed by atoms with Crippen LogP contribution in [0.2, 0.25) is 4.34 Å². The van der Waals surface area contributed by atoms with Gasteiger partial charge >= 0.3 is 0 Å². The van der Waals surface area contributed by atoms with Crippen molar-refractivity contribution in [3.63, 3.8) is 0 Å². The van der Waals surface area contributed by atoms with Crippen molar-refractivity contribution in [2.45, 2.75) is 13.3 Å². The summed E-state index contributed by atoms with van der Waals surface area (Å²) in [6.07, 6.45) is 0.951. The highest BCUT2D eigenvalue weighted by Crippen LogP contribution is 2.21. The minimum atomic E-state index is 0.813. The van der Waals surface area contributed by atoms with Crippen molar-refractivity contribution < 1.29 is 0 Å². The van der Waals surface area contributed by atoms with Gasteiger partial charge in [-0.1, -0.05) is 11.6 Å². The Labute approximate surface area is 103 Å². The predicted molar refractivity (Wildman–Crippen MR) is 68.3 cm³/mol. The summed E-state index contributed by atoms with van der Waals surface area (Å²) in [5, 5.41) is 11.2. The van der Waals surface area contributed by atoms with Gasteiger partial charge in [-0.25, -0.2) is 0 Å². The average Bonchev–Trinajstić information content (AvgIpc) is 2.67. The Morgan fingerprint density at radius 2 is 2.12 bits per heavy atom. The number of hydrogen-bond acceptors (Lipinski definition) is 4. The van der Waals surface area contributed by atoms with E-state index in [1.54, 1.807) is 11.3 Å². The summed E-state index contributed by atoms with van der Waals surface area (Å²) in [6, 6.07) is 7.85. The number of rotatable bonds is 4. The Morgan fingerprint density at radius 3 is 2.75 bits per heavy atom. The molecule has 2 heterocycles. The molecule has 1 N–H and O–H groups in total. The molecule has 0 aromatic carbocycles. The highest BCUT2D eigenvalue weighted by Gasteiger charge is 1.98. The summed E-state index contributed by atoms with van der Waals surface area (Å²) in [6.45, 7) is 2.76. The molecule has 0 spiro atoms. The molecule has 2 aromatic rings. The molecule has 0 fully saturated rings. The van der Waals surface area contributed by atoms with Crippen LogP contribution < -0.4 is 5.32 Å². The second-order valence-corrected chi connectivity index (χ2v) is 5.24. The van der Waals surface area contributed by atoms with Crippen LogP contribution in [0.25, 0.3) is 0 Å². The number of aromatic nitrogens is 2. The van der Waals surface area contributed by atoms with E-state index >= 15 is 0 Å². The van der Waals surface area contributed by atoms with Crippen LogP contribution >= 0.6 is 22.9 Å². The maximum absolute atomic E-state index is 5.85. The number of nitrogens with zero attached hydrogens (tertiary/aromatic N) is 2. The molecular weight excluding hydrogens is 242 g/mol. The van der Waals surface area contributed by atoms with Crippen LogP contribution in [0.4, 0.5) is 5.82 Å². The Morgan fingerprint density at radius 1 is 1.25 bits per heavy atom. The molecule has 0 saturated heterocycles. The first-order valence-corrected chi connectivity index (χ1v) is 6.22. The zero-order valence-corrected chi connectivity index (χ0v) is 10.5. The van der Waals surface area contributed by atoms with E-state index < -0.39 is 0 Å². The third-order valence-electron chi connectivity index (χ3n) is 2.10. The van der Waals surface area contributed by atoms with Crippen molar-refractivity contribution in [3.05, 3.63) is 39.2 Å². The van der Waals surface area contributed by atoms with Crippen molar-refractivity contribution in [2.24, 2.45) is 0 Å². The smallest absolute Gasteiger partial charge is 0.148 e. The van der Waals surface area contributed by atoms with Crippen molar-refractivity contribution in [3.8, 4) is 0 Å².